The molecule has 0 aromatic heterocycles. The minimum absolute atomic E-state index is 0.565. The van der Waals surface area contributed by atoms with Crippen molar-refractivity contribution in [2.45, 2.75) is 341 Å². The summed E-state index contributed by atoms with van der Waals surface area (Å²) in [6.07, 6.45) is 19.0. The third-order valence-corrected chi connectivity index (χ3v) is 14.5. The molecule has 1 saturated carbocycles. The van der Waals surface area contributed by atoms with Gasteiger partial charge in [-0.3, -0.25) is 10.2 Å². The van der Waals surface area contributed by atoms with Gasteiger partial charge in [0.1, 0.15) is 0 Å². The van der Waals surface area contributed by atoms with Gasteiger partial charge in [-0.2, -0.15) is 0 Å². The van der Waals surface area contributed by atoms with Crippen molar-refractivity contribution in [3.05, 3.63) is 0 Å². The van der Waals surface area contributed by atoms with E-state index in [1.807, 2.05) is 111 Å². The summed E-state index contributed by atoms with van der Waals surface area (Å²) in [5.41, 5.74) is 0. The second-order valence-electron chi connectivity index (χ2n) is 22.7. The van der Waals surface area contributed by atoms with Gasteiger partial charge < -0.3 is 34.3 Å². The standard InChI is InChI=1S/C8H16.2C7H15N.3C7H14O.2C6H13NO.8C2H6/c1-7(2)8-5-3-4-6-8;2*1-6(2)7-4-3-5-8-7;1-6(2)7-3-4-8-5-7;2*1-6(2)7-4-3-5-8-7;1-5(2)6-3-8-4-7-6;1-6(2)7-3-4-8-5-7;8*1-2/h7-8H,3-6H2,1-2H3;2*6-8H,3-5H2,1-2H3;3*6-7H,3-5H2,1-2H3;5-7H,3-4H2,1-2H3;6H,3-5H2,1-2H3;8*1-2H3. The first kappa shape index (κ1) is 96.0. The van der Waals surface area contributed by atoms with Crippen LogP contribution in [0.1, 0.15) is 305 Å². The Morgan fingerprint density at radius 2 is 0.725 bits per heavy atom. The molecule has 7 aliphatic heterocycles. The van der Waals surface area contributed by atoms with Gasteiger partial charge in [-0.25, -0.2) is 0 Å². The van der Waals surface area contributed by atoms with E-state index in [4.69, 9.17) is 23.7 Å². The minimum Gasteiger partial charge on any atom is -0.381 e. The van der Waals surface area contributed by atoms with E-state index >= 15 is 0 Å². The number of ether oxygens (including phenoxy) is 5. The number of rotatable bonds is 8. The molecule has 6 atom stereocenters. The van der Waals surface area contributed by atoms with Crippen molar-refractivity contribution in [3.63, 3.8) is 0 Å². The second-order valence-corrected chi connectivity index (χ2v) is 22.7. The number of hydrogen-bond acceptors (Lipinski definition) is 9. The van der Waals surface area contributed by atoms with Crippen LogP contribution in [-0.4, -0.2) is 114 Å². The fourth-order valence-corrected chi connectivity index (χ4v) is 9.19. The smallest absolute Gasteiger partial charge is 0.0993 e. The van der Waals surface area contributed by atoms with Gasteiger partial charge in [-0.15, -0.1) is 0 Å². The normalized spacial score (nSPS) is 22.9. The van der Waals surface area contributed by atoms with Crippen molar-refractivity contribution in [3.8, 4) is 0 Å². The molecular weight excluding hydrogens is 989 g/mol. The summed E-state index contributed by atoms with van der Waals surface area (Å²) in [5.74, 6) is 7.47. The SMILES string of the molecule is CC.CC.CC.CC.CC.CC.CC.CC.CC(C)C1CCCC1.CC(C)C1CCCN1.CC(C)C1CCCN1.CC(C)C1CCCO1.CC(C)C1CCCO1.CC(C)C1CCOC1.CC(C)C1COCN1.CC(C)N1CCOC1. The highest BCUT2D eigenvalue weighted by molar-refractivity contribution is 4.77. The largest absolute Gasteiger partial charge is 0.381 e. The molecule has 3 N–H and O–H groups in total. The summed E-state index contributed by atoms with van der Waals surface area (Å²) in [6, 6.07) is 2.87. The van der Waals surface area contributed by atoms with Crippen molar-refractivity contribution in [2.24, 2.45) is 53.3 Å². The molecule has 9 heteroatoms. The molecule has 8 rings (SSSR count). The molecule has 0 amide bonds. The quantitative estimate of drug-likeness (QED) is 0.220. The molecule has 6 unspecified atom stereocenters. The molecule has 80 heavy (non-hydrogen) atoms. The van der Waals surface area contributed by atoms with Crippen LogP contribution in [0.4, 0.5) is 0 Å². The molecule has 0 aromatic rings. The first-order chi connectivity index (χ1) is 38.4. The number of nitrogens with one attached hydrogen (secondary N) is 3. The average Bonchev–Trinajstić information content (AvgIpc) is 4.34. The monoisotopic (exact) mass is 1150 g/mol. The summed E-state index contributed by atoms with van der Waals surface area (Å²) >= 11 is 0. The first-order valence-electron chi connectivity index (χ1n) is 35.3. The zero-order chi connectivity index (χ0) is 63.9. The molecule has 8 aliphatic rings. The predicted octanol–water partition coefficient (Wildman–Crippen LogP) is 20.4. The van der Waals surface area contributed by atoms with E-state index in [1.165, 1.54) is 96.6 Å². The van der Waals surface area contributed by atoms with Crippen molar-refractivity contribution < 1.29 is 23.7 Å². The molecule has 0 bridgehead atoms. The summed E-state index contributed by atoms with van der Waals surface area (Å²) in [7, 11) is 0. The van der Waals surface area contributed by atoms with Gasteiger partial charge in [0.25, 0.3) is 0 Å². The highest BCUT2D eigenvalue weighted by Crippen LogP contribution is 2.30. The van der Waals surface area contributed by atoms with Crippen LogP contribution in [0, 0.1) is 53.3 Å². The van der Waals surface area contributed by atoms with Crippen LogP contribution in [0.2, 0.25) is 0 Å². The Hall–Kier alpha value is -0.360. The Kier molecular flexibility index (Phi) is 89.7. The molecule has 496 valence electrons. The zero-order valence-electron chi connectivity index (χ0n) is 61.6. The van der Waals surface area contributed by atoms with Crippen LogP contribution >= 0.6 is 0 Å². The highest BCUT2D eigenvalue weighted by atomic mass is 16.5. The molecular formula is C71H162N4O5. The minimum atomic E-state index is 0.565. The summed E-state index contributed by atoms with van der Waals surface area (Å²) in [5, 5.41) is 10.1. The second kappa shape index (κ2) is 74.7. The maximum Gasteiger partial charge on any atom is 0.0993 e. The maximum absolute atomic E-state index is 5.41. The molecule has 0 aromatic carbocycles. The predicted molar refractivity (Wildman–Crippen MR) is 366 cm³/mol. The maximum atomic E-state index is 5.41. The lowest BCUT2D eigenvalue weighted by molar-refractivity contribution is 0.0757. The van der Waals surface area contributed by atoms with Crippen molar-refractivity contribution in [1.29, 1.82) is 0 Å². The van der Waals surface area contributed by atoms with E-state index in [2.05, 4.69) is 132 Å². The fraction of sp³-hybridized carbons (Fsp3) is 1.00. The van der Waals surface area contributed by atoms with Gasteiger partial charge in [0, 0.05) is 57.1 Å². The topological polar surface area (TPSA) is 85.5 Å². The van der Waals surface area contributed by atoms with Gasteiger partial charge in [-0.05, 0) is 138 Å². The molecule has 7 heterocycles. The van der Waals surface area contributed by atoms with E-state index in [0.29, 0.717) is 30.2 Å². The third kappa shape index (κ3) is 59.4. The Bertz CT molecular complexity index is 757. The van der Waals surface area contributed by atoms with E-state index in [9.17, 15) is 0 Å². The average molecular weight is 1150 g/mol. The molecule has 0 spiro atoms. The Morgan fingerprint density at radius 1 is 0.325 bits per heavy atom. The molecule has 8 fully saturated rings. The Morgan fingerprint density at radius 3 is 0.875 bits per heavy atom. The van der Waals surface area contributed by atoms with E-state index in [1.54, 1.807) is 0 Å². The first-order valence-corrected chi connectivity index (χ1v) is 35.3. The molecule has 9 nitrogen and oxygen atoms in total. The lowest BCUT2D eigenvalue weighted by Crippen LogP contribution is -2.28. The van der Waals surface area contributed by atoms with E-state index in [-0.39, 0.29) is 0 Å². The van der Waals surface area contributed by atoms with Gasteiger partial charge >= 0.3 is 0 Å². The van der Waals surface area contributed by atoms with Gasteiger partial charge in [0.2, 0.25) is 0 Å². The fourth-order valence-electron chi connectivity index (χ4n) is 9.19. The van der Waals surface area contributed by atoms with Gasteiger partial charge in [0.15, 0.2) is 0 Å². The molecule has 0 radical (unpaired) electrons. The van der Waals surface area contributed by atoms with Crippen LogP contribution in [0.3, 0.4) is 0 Å². The van der Waals surface area contributed by atoms with Crippen LogP contribution in [0.5, 0.6) is 0 Å². The highest BCUT2D eigenvalue weighted by Gasteiger charge is 2.22. The van der Waals surface area contributed by atoms with Crippen LogP contribution in [0.25, 0.3) is 0 Å². The summed E-state index contributed by atoms with van der Waals surface area (Å²) < 4.78 is 26.3. The van der Waals surface area contributed by atoms with Crippen molar-refractivity contribution in [2.75, 3.05) is 72.7 Å². The van der Waals surface area contributed by atoms with Gasteiger partial charge in [-0.1, -0.05) is 233 Å². The molecule has 7 saturated heterocycles. The third-order valence-electron chi connectivity index (χ3n) is 14.5. The Balaban J connectivity index is -0.000000119. The van der Waals surface area contributed by atoms with E-state index in [0.717, 1.165) is 119 Å². The van der Waals surface area contributed by atoms with Crippen LogP contribution < -0.4 is 16.0 Å². The van der Waals surface area contributed by atoms with Crippen LogP contribution in [0.15, 0.2) is 0 Å². The number of hydrogen-bond donors (Lipinski definition) is 3. The number of nitrogens with zero attached hydrogens (tertiary/aromatic N) is 1. The zero-order valence-corrected chi connectivity index (χ0v) is 61.6. The van der Waals surface area contributed by atoms with Crippen molar-refractivity contribution >= 4 is 0 Å². The lowest BCUT2D eigenvalue weighted by atomic mass is 9.95. The summed E-state index contributed by atoms with van der Waals surface area (Å²) in [6.45, 7) is 78.9. The van der Waals surface area contributed by atoms with Gasteiger partial charge in [0.05, 0.1) is 38.9 Å². The Labute approximate surface area is 509 Å². The lowest BCUT2D eigenvalue weighted by Gasteiger charge is -2.16. The van der Waals surface area contributed by atoms with Crippen LogP contribution in [-0.2, 0) is 23.7 Å². The van der Waals surface area contributed by atoms with E-state index < -0.39 is 0 Å². The molecule has 1 aliphatic carbocycles. The van der Waals surface area contributed by atoms with Crippen molar-refractivity contribution in [1.82, 2.24) is 20.9 Å². The summed E-state index contributed by atoms with van der Waals surface area (Å²) in [4.78, 5) is 2.31.